The fourth-order valence-electron chi connectivity index (χ4n) is 5.04. The first-order valence-corrected chi connectivity index (χ1v) is 16.1. The van der Waals surface area contributed by atoms with Gasteiger partial charge in [-0.15, -0.1) is 24.5 Å². The quantitative estimate of drug-likeness (QED) is 0.170. The summed E-state index contributed by atoms with van der Waals surface area (Å²) in [5.41, 5.74) is -0.0276. The Morgan fingerprint density at radius 3 is 2.35 bits per heavy atom. The molecule has 1 saturated heterocycles. The van der Waals surface area contributed by atoms with Gasteiger partial charge < -0.3 is 24.8 Å². The standard InChI is InChI=1S/C32H35BrF3N3O6S/c1-31(2,3)45-23(40)18-44-26-24(33)27(46-28(26)30(42)43-4)20-9-8-10-21(17-20)38-25(19-13-15-37-16-14-19)29(41)39(32(34,35)36)22-11-6-5-7-12-22/h5-12,17,19,25,37-38H,13-16,18H2,1-4H3. The summed E-state index contributed by atoms with van der Waals surface area (Å²) in [5, 5.41) is 6.30. The molecule has 0 aliphatic carbocycles. The number of alkyl halides is 3. The topological polar surface area (TPSA) is 106 Å². The zero-order chi connectivity index (χ0) is 33.6. The van der Waals surface area contributed by atoms with Crippen LogP contribution < -0.4 is 20.3 Å². The zero-order valence-corrected chi connectivity index (χ0v) is 28.1. The van der Waals surface area contributed by atoms with Gasteiger partial charge >= 0.3 is 18.2 Å². The van der Waals surface area contributed by atoms with Crippen LogP contribution in [0.15, 0.2) is 59.1 Å². The van der Waals surface area contributed by atoms with E-state index in [1.54, 1.807) is 51.1 Å². The highest BCUT2D eigenvalue weighted by Gasteiger charge is 2.46. The Bertz CT molecular complexity index is 1540. The SMILES string of the molecule is COC(=O)c1sc(-c2cccc(NC(C(=O)N(c3ccccc3)C(F)(F)F)C3CCNCC3)c2)c(Br)c1OCC(=O)OC(C)(C)C. The molecule has 0 saturated carbocycles. The predicted octanol–water partition coefficient (Wildman–Crippen LogP) is 7.02. The van der Waals surface area contributed by atoms with Crippen molar-refractivity contribution in [2.75, 3.05) is 37.0 Å². The first kappa shape index (κ1) is 35.2. The van der Waals surface area contributed by atoms with Crippen molar-refractivity contribution < 1.29 is 41.8 Å². The van der Waals surface area contributed by atoms with Crippen molar-refractivity contribution in [3.63, 3.8) is 0 Å². The van der Waals surface area contributed by atoms with Gasteiger partial charge in [0.15, 0.2) is 17.2 Å². The number of anilines is 2. The van der Waals surface area contributed by atoms with Gasteiger partial charge in [-0.25, -0.2) is 14.5 Å². The average molecular weight is 727 g/mol. The van der Waals surface area contributed by atoms with Crippen molar-refractivity contribution in [1.82, 2.24) is 5.32 Å². The Kier molecular flexibility index (Phi) is 11.4. The van der Waals surface area contributed by atoms with Crippen LogP contribution in [0.2, 0.25) is 0 Å². The van der Waals surface area contributed by atoms with Crippen LogP contribution >= 0.6 is 27.3 Å². The normalized spacial score (nSPS) is 14.7. The van der Waals surface area contributed by atoms with Crippen LogP contribution in [-0.2, 0) is 19.1 Å². The average Bonchev–Trinajstić information content (AvgIpc) is 3.33. The third-order valence-corrected chi connectivity index (χ3v) is 9.21. The number of piperidine rings is 1. The maximum Gasteiger partial charge on any atom is 0.491 e. The Labute approximate surface area is 277 Å². The van der Waals surface area contributed by atoms with Crippen LogP contribution in [0, 0.1) is 5.92 Å². The van der Waals surface area contributed by atoms with E-state index in [1.807, 2.05) is 0 Å². The molecule has 1 atom stereocenters. The van der Waals surface area contributed by atoms with Crippen LogP contribution in [0.3, 0.4) is 0 Å². The summed E-state index contributed by atoms with van der Waals surface area (Å²) in [5.74, 6) is -2.72. The van der Waals surface area contributed by atoms with Gasteiger partial charge in [-0.3, -0.25) is 4.79 Å². The number of carbonyl (C=O) groups is 3. The Morgan fingerprint density at radius 2 is 1.74 bits per heavy atom. The second kappa shape index (κ2) is 14.9. The molecule has 14 heteroatoms. The summed E-state index contributed by atoms with van der Waals surface area (Å²) in [6.07, 6.45) is -3.95. The maximum atomic E-state index is 14.4. The summed E-state index contributed by atoms with van der Waals surface area (Å²) in [6.45, 7) is 5.83. The lowest BCUT2D eigenvalue weighted by atomic mass is 9.89. The number of hydrogen-bond donors (Lipinski definition) is 2. The fourth-order valence-corrected chi connectivity index (χ4v) is 7.01. The first-order chi connectivity index (χ1) is 21.7. The summed E-state index contributed by atoms with van der Waals surface area (Å²) in [6, 6.07) is 12.6. The number of carbonyl (C=O) groups excluding carboxylic acids is 3. The Hall–Kier alpha value is -3.62. The number of amides is 1. The van der Waals surface area contributed by atoms with Gasteiger partial charge in [-0.05, 0) is 98.4 Å². The van der Waals surface area contributed by atoms with E-state index >= 15 is 0 Å². The van der Waals surface area contributed by atoms with Crippen LogP contribution in [0.5, 0.6) is 5.75 Å². The summed E-state index contributed by atoms with van der Waals surface area (Å²) in [4.78, 5) is 39.3. The number of halogens is 4. The molecule has 248 valence electrons. The van der Waals surface area contributed by atoms with E-state index in [2.05, 4.69) is 26.6 Å². The van der Waals surface area contributed by atoms with Crippen molar-refractivity contribution in [2.45, 2.75) is 51.6 Å². The van der Waals surface area contributed by atoms with E-state index in [4.69, 9.17) is 14.2 Å². The molecule has 1 aromatic heterocycles. The molecule has 2 aromatic carbocycles. The number of thiophene rings is 1. The molecule has 2 N–H and O–H groups in total. The van der Waals surface area contributed by atoms with Crippen LogP contribution in [-0.4, -0.2) is 62.6 Å². The second-order valence-corrected chi connectivity index (χ2v) is 13.4. The van der Waals surface area contributed by atoms with Gasteiger partial charge in [0.05, 0.1) is 22.1 Å². The summed E-state index contributed by atoms with van der Waals surface area (Å²) < 4.78 is 59.4. The molecule has 0 spiro atoms. The van der Waals surface area contributed by atoms with E-state index in [0.717, 1.165) is 11.3 Å². The van der Waals surface area contributed by atoms with E-state index in [1.165, 1.54) is 31.4 Å². The van der Waals surface area contributed by atoms with E-state index in [9.17, 15) is 27.6 Å². The van der Waals surface area contributed by atoms with Gasteiger partial charge in [-0.2, -0.15) is 0 Å². The minimum Gasteiger partial charge on any atom is -0.479 e. The molecule has 1 aliphatic rings. The van der Waals surface area contributed by atoms with Crippen molar-refractivity contribution in [2.24, 2.45) is 5.92 Å². The zero-order valence-electron chi connectivity index (χ0n) is 25.7. The monoisotopic (exact) mass is 725 g/mol. The molecule has 1 unspecified atom stereocenters. The Balaban J connectivity index is 1.68. The smallest absolute Gasteiger partial charge is 0.479 e. The minimum atomic E-state index is -4.95. The number of benzene rings is 2. The highest BCUT2D eigenvalue weighted by atomic mass is 79.9. The van der Waals surface area contributed by atoms with Crippen molar-refractivity contribution >= 4 is 56.5 Å². The number of nitrogens with one attached hydrogen (secondary N) is 2. The van der Waals surface area contributed by atoms with Crippen molar-refractivity contribution in [1.29, 1.82) is 0 Å². The van der Waals surface area contributed by atoms with Crippen LogP contribution in [0.4, 0.5) is 24.5 Å². The highest BCUT2D eigenvalue weighted by Crippen LogP contribution is 2.46. The molecular formula is C32H35BrF3N3O6S. The lowest BCUT2D eigenvalue weighted by Gasteiger charge is -2.35. The van der Waals surface area contributed by atoms with Crippen molar-refractivity contribution in [3.8, 4) is 16.2 Å². The summed E-state index contributed by atoms with van der Waals surface area (Å²) >= 11 is 4.53. The number of para-hydroxylation sites is 1. The number of hydrogen-bond acceptors (Lipinski definition) is 9. The largest absolute Gasteiger partial charge is 0.491 e. The van der Waals surface area contributed by atoms with Gasteiger partial charge in [0, 0.05) is 5.69 Å². The van der Waals surface area contributed by atoms with E-state index < -0.39 is 42.4 Å². The molecule has 46 heavy (non-hydrogen) atoms. The van der Waals surface area contributed by atoms with Gasteiger partial charge in [0.1, 0.15) is 11.6 Å². The molecular weight excluding hydrogens is 691 g/mol. The predicted molar refractivity (Wildman–Crippen MR) is 173 cm³/mol. The Morgan fingerprint density at radius 1 is 1.07 bits per heavy atom. The molecule has 0 bridgehead atoms. The number of nitrogens with zero attached hydrogens (tertiary/aromatic N) is 1. The van der Waals surface area contributed by atoms with Crippen molar-refractivity contribution in [3.05, 3.63) is 63.9 Å². The van der Waals surface area contributed by atoms with Crippen LogP contribution in [0.1, 0.15) is 43.3 Å². The molecule has 2 heterocycles. The van der Waals surface area contributed by atoms with Crippen LogP contribution in [0.25, 0.3) is 10.4 Å². The van der Waals surface area contributed by atoms with E-state index in [0.29, 0.717) is 46.5 Å². The molecule has 4 rings (SSSR count). The number of rotatable bonds is 10. The first-order valence-electron chi connectivity index (χ1n) is 14.5. The van der Waals surface area contributed by atoms with Gasteiger partial charge in [0.25, 0.3) is 5.91 Å². The third kappa shape index (κ3) is 8.80. The second-order valence-electron chi connectivity index (χ2n) is 11.5. The maximum absolute atomic E-state index is 14.4. The minimum absolute atomic E-state index is 0.0857. The lowest BCUT2D eigenvalue weighted by Crippen LogP contribution is -2.54. The number of methoxy groups -OCH3 is 1. The summed E-state index contributed by atoms with van der Waals surface area (Å²) in [7, 11) is 1.22. The molecule has 1 aliphatic heterocycles. The molecule has 9 nitrogen and oxygen atoms in total. The van der Waals surface area contributed by atoms with E-state index in [-0.39, 0.29) is 27.1 Å². The molecule has 1 fully saturated rings. The number of ether oxygens (including phenoxy) is 3. The lowest BCUT2D eigenvalue weighted by molar-refractivity contribution is -0.157. The van der Waals surface area contributed by atoms with Gasteiger partial charge in [0.2, 0.25) is 0 Å². The van der Waals surface area contributed by atoms with Gasteiger partial charge in [-0.1, -0.05) is 30.3 Å². The molecule has 0 radical (unpaired) electrons. The number of esters is 2. The fraction of sp³-hybridized carbons (Fsp3) is 0.406. The third-order valence-electron chi connectivity index (χ3n) is 6.99. The molecule has 1 amide bonds. The molecule has 3 aromatic rings. The highest BCUT2D eigenvalue weighted by molar-refractivity contribution is 9.10.